The molecule has 0 atom stereocenters. The van der Waals surface area contributed by atoms with Gasteiger partial charge in [-0.15, -0.1) is 11.8 Å². The Labute approximate surface area is 157 Å². The van der Waals surface area contributed by atoms with E-state index >= 15 is 0 Å². The van der Waals surface area contributed by atoms with E-state index < -0.39 is 0 Å². The molecule has 1 saturated carbocycles. The Kier molecular flexibility index (Phi) is 4.86. The smallest absolute Gasteiger partial charge is 0.137 e. The highest BCUT2D eigenvalue weighted by molar-refractivity contribution is 8.02. The van der Waals surface area contributed by atoms with Crippen molar-refractivity contribution < 1.29 is 0 Å². The van der Waals surface area contributed by atoms with Crippen LogP contribution in [0, 0.1) is 0 Å². The van der Waals surface area contributed by atoms with Gasteiger partial charge in [0.1, 0.15) is 5.65 Å². The van der Waals surface area contributed by atoms with Gasteiger partial charge in [0.15, 0.2) is 0 Å². The van der Waals surface area contributed by atoms with Crippen molar-refractivity contribution in [3.05, 3.63) is 82.9 Å². The molecule has 26 heavy (non-hydrogen) atoms. The first-order valence-corrected chi connectivity index (χ1v) is 9.79. The molecule has 0 unspecified atom stereocenters. The fraction of sp³-hybridized carbons (Fsp3) is 0.250. The van der Waals surface area contributed by atoms with Crippen molar-refractivity contribution in [3.8, 4) is 0 Å². The number of nitrogens with zero attached hydrogens (tertiary/aromatic N) is 3. The van der Waals surface area contributed by atoms with Gasteiger partial charge in [-0.05, 0) is 36.0 Å². The summed E-state index contributed by atoms with van der Waals surface area (Å²) in [6.45, 7) is 0.521. The van der Waals surface area contributed by atoms with Crippen LogP contribution in [-0.2, 0) is 12.3 Å². The fourth-order valence-electron chi connectivity index (χ4n) is 2.97. The summed E-state index contributed by atoms with van der Waals surface area (Å²) in [6, 6.07) is 14.5. The molecule has 134 valence electrons. The van der Waals surface area contributed by atoms with Gasteiger partial charge in [-0.3, -0.25) is 0 Å². The van der Waals surface area contributed by atoms with Gasteiger partial charge in [0, 0.05) is 24.3 Å². The Balaban J connectivity index is 1.37. The molecule has 0 amide bonds. The average Bonchev–Trinajstić information content (AvgIpc) is 3.41. The van der Waals surface area contributed by atoms with Gasteiger partial charge >= 0.3 is 0 Å². The summed E-state index contributed by atoms with van der Waals surface area (Å²) in [5.41, 5.74) is 10.6. The summed E-state index contributed by atoms with van der Waals surface area (Å²) in [5.74, 6) is 7.67. The molecule has 2 heterocycles. The Morgan fingerprint density at radius 1 is 1.19 bits per heavy atom. The molecule has 1 aliphatic carbocycles. The summed E-state index contributed by atoms with van der Waals surface area (Å²) in [7, 11) is 0. The lowest BCUT2D eigenvalue weighted by molar-refractivity contribution is 0.381. The van der Waals surface area contributed by atoms with Crippen LogP contribution in [0.5, 0.6) is 0 Å². The van der Waals surface area contributed by atoms with Crippen molar-refractivity contribution in [2.24, 2.45) is 11.6 Å². The minimum Gasteiger partial charge on any atom is -0.392 e. The highest BCUT2D eigenvalue weighted by Gasteiger charge is 2.23. The van der Waals surface area contributed by atoms with Crippen LogP contribution in [0.1, 0.15) is 35.6 Å². The average molecular weight is 366 g/mol. The number of aromatic nitrogens is 2. The third kappa shape index (κ3) is 4.20. The van der Waals surface area contributed by atoms with Crippen molar-refractivity contribution >= 4 is 17.4 Å². The van der Waals surface area contributed by atoms with Crippen molar-refractivity contribution in [2.45, 2.75) is 31.1 Å². The van der Waals surface area contributed by atoms with Gasteiger partial charge in [-0.1, -0.05) is 36.4 Å². The van der Waals surface area contributed by atoms with E-state index in [1.54, 1.807) is 23.0 Å². The summed E-state index contributed by atoms with van der Waals surface area (Å²) < 4.78 is 2.09. The Morgan fingerprint density at radius 2 is 2.00 bits per heavy atom. The number of thioether (sulfide) groups is 1. The number of fused-ring (bicyclic) bond motifs is 1. The van der Waals surface area contributed by atoms with Gasteiger partial charge in [0.2, 0.25) is 0 Å². The minimum absolute atomic E-state index is 0.521. The summed E-state index contributed by atoms with van der Waals surface area (Å²) in [6.07, 6.45) is 8.60. The zero-order valence-corrected chi connectivity index (χ0v) is 15.4. The lowest BCUT2D eigenvalue weighted by Crippen LogP contribution is -2.25. The third-order valence-corrected chi connectivity index (χ3v) is 5.37. The molecule has 4 N–H and O–H groups in total. The van der Waals surface area contributed by atoms with Gasteiger partial charge in [-0.2, -0.15) is 0 Å². The number of hydrogen-bond acceptors (Lipinski definition) is 5. The molecule has 2 aromatic heterocycles. The maximum absolute atomic E-state index is 6.10. The summed E-state index contributed by atoms with van der Waals surface area (Å²) in [4.78, 5) is 4.64. The normalized spacial score (nSPS) is 14.7. The monoisotopic (exact) mass is 365 g/mol. The standard InChI is InChI=1S/C20H23N5S/c21-19(26-14-15-4-2-1-3-5-15)13-25(22)12-18-11-24-10-17(16-6-7-16)8-9-20(24)23-18/h1-5,8-11,13,16H,6-7,12,14,21-22H2/b19-13+. The molecule has 3 aromatic rings. The Morgan fingerprint density at radius 3 is 2.77 bits per heavy atom. The van der Waals surface area contributed by atoms with Crippen LogP contribution in [0.25, 0.3) is 5.65 Å². The van der Waals surface area contributed by atoms with E-state index in [-0.39, 0.29) is 0 Å². The van der Waals surface area contributed by atoms with E-state index in [9.17, 15) is 0 Å². The molecule has 6 heteroatoms. The maximum atomic E-state index is 6.10. The second kappa shape index (κ2) is 7.43. The van der Waals surface area contributed by atoms with Crippen LogP contribution in [0.4, 0.5) is 0 Å². The minimum atomic E-state index is 0.521. The van der Waals surface area contributed by atoms with Crippen molar-refractivity contribution in [3.63, 3.8) is 0 Å². The van der Waals surface area contributed by atoms with Crippen LogP contribution in [0.15, 0.2) is 66.1 Å². The van der Waals surface area contributed by atoms with E-state index in [0.29, 0.717) is 11.6 Å². The lowest BCUT2D eigenvalue weighted by Gasteiger charge is -2.13. The third-order valence-electron chi connectivity index (χ3n) is 4.46. The van der Waals surface area contributed by atoms with Crippen LogP contribution < -0.4 is 11.6 Å². The first-order chi connectivity index (χ1) is 12.7. The van der Waals surface area contributed by atoms with Gasteiger partial charge < -0.3 is 15.1 Å². The van der Waals surface area contributed by atoms with Crippen molar-refractivity contribution in [1.82, 2.24) is 14.4 Å². The SMILES string of the molecule is N/C(=C\N(N)Cc1cn2cc(C3CC3)ccc2n1)SCc1ccccc1. The van der Waals surface area contributed by atoms with E-state index in [0.717, 1.165) is 23.0 Å². The van der Waals surface area contributed by atoms with Crippen LogP contribution >= 0.6 is 11.8 Å². The van der Waals surface area contributed by atoms with E-state index in [2.05, 4.69) is 39.8 Å². The number of benzene rings is 1. The number of hydrazine groups is 1. The fourth-order valence-corrected chi connectivity index (χ4v) is 3.71. The zero-order valence-electron chi connectivity index (χ0n) is 14.6. The van der Waals surface area contributed by atoms with E-state index in [1.807, 2.05) is 24.4 Å². The van der Waals surface area contributed by atoms with Gasteiger partial charge in [0.05, 0.1) is 17.3 Å². The highest BCUT2D eigenvalue weighted by Crippen LogP contribution is 2.39. The molecular formula is C20H23N5S. The number of rotatable bonds is 7. The molecule has 4 rings (SSSR count). The van der Waals surface area contributed by atoms with Crippen LogP contribution in [-0.4, -0.2) is 14.4 Å². The molecule has 0 radical (unpaired) electrons. The van der Waals surface area contributed by atoms with Crippen molar-refractivity contribution in [1.29, 1.82) is 0 Å². The number of imidazole rings is 1. The topological polar surface area (TPSA) is 72.6 Å². The van der Waals surface area contributed by atoms with Gasteiger partial charge in [-0.25, -0.2) is 10.8 Å². The largest absolute Gasteiger partial charge is 0.392 e. The first kappa shape index (κ1) is 17.0. The summed E-state index contributed by atoms with van der Waals surface area (Å²) in [5, 5.41) is 2.29. The second-order valence-electron chi connectivity index (χ2n) is 6.71. The molecular weight excluding hydrogens is 342 g/mol. The Bertz CT molecular complexity index is 914. The molecule has 0 aliphatic heterocycles. The molecule has 0 saturated heterocycles. The first-order valence-electron chi connectivity index (χ1n) is 8.80. The molecule has 1 aliphatic rings. The number of pyridine rings is 1. The van der Waals surface area contributed by atoms with Gasteiger partial charge in [0.25, 0.3) is 0 Å². The zero-order chi connectivity index (χ0) is 17.9. The Hall–Kier alpha value is -2.44. The lowest BCUT2D eigenvalue weighted by atomic mass is 10.2. The molecule has 5 nitrogen and oxygen atoms in total. The molecule has 1 aromatic carbocycles. The predicted molar refractivity (Wildman–Crippen MR) is 107 cm³/mol. The summed E-state index contributed by atoms with van der Waals surface area (Å²) >= 11 is 1.58. The van der Waals surface area contributed by atoms with E-state index in [4.69, 9.17) is 11.6 Å². The number of hydrogen-bond donors (Lipinski definition) is 2. The van der Waals surface area contributed by atoms with E-state index in [1.165, 1.54) is 24.0 Å². The molecule has 0 bridgehead atoms. The quantitative estimate of drug-likeness (QED) is 0.495. The van der Waals surface area contributed by atoms with Crippen molar-refractivity contribution in [2.75, 3.05) is 0 Å². The molecule has 0 spiro atoms. The molecule has 1 fully saturated rings. The highest BCUT2D eigenvalue weighted by atomic mass is 32.2. The predicted octanol–water partition coefficient (Wildman–Crippen LogP) is 3.58. The second-order valence-corrected chi connectivity index (χ2v) is 7.76. The number of nitrogens with two attached hydrogens (primary N) is 2. The maximum Gasteiger partial charge on any atom is 0.137 e. The van der Waals surface area contributed by atoms with Crippen LogP contribution in [0.2, 0.25) is 0 Å². The van der Waals surface area contributed by atoms with Crippen LogP contribution in [0.3, 0.4) is 0 Å².